The summed E-state index contributed by atoms with van der Waals surface area (Å²) in [5.41, 5.74) is -1.53. The van der Waals surface area contributed by atoms with Crippen LogP contribution in [0.4, 0.5) is 0 Å². The molecule has 0 saturated heterocycles. The Morgan fingerprint density at radius 2 is 2.27 bits per heavy atom. The van der Waals surface area contributed by atoms with Gasteiger partial charge in [-0.15, -0.1) is 0 Å². The highest BCUT2D eigenvalue weighted by Crippen LogP contribution is 2.38. The van der Waals surface area contributed by atoms with E-state index in [0.717, 1.165) is 0 Å². The number of hydrogen-bond acceptors (Lipinski definition) is 3. The van der Waals surface area contributed by atoms with Crippen LogP contribution in [0, 0.1) is 0 Å². The van der Waals surface area contributed by atoms with Crippen molar-refractivity contribution in [3.8, 4) is 5.75 Å². The number of aliphatic carboxylic acids is 1. The summed E-state index contributed by atoms with van der Waals surface area (Å²) in [5, 5.41) is 19.0. The van der Waals surface area contributed by atoms with Crippen molar-refractivity contribution in [2.75, 3.05) is 6.61 Å². The Balaban J connectivity index is 2.59. The number of benzene rings is 1. The van der Waals surface area contributed by atoms with Gasteiger partial charge in [-0.1, -0.05) is 15.9 Å². The molecule has 0 amide bonds. The first-order valence-electron chi connectivity index (χ1n) is 4.42. The highest BCUT2D eigenvalue weighted by atomic mass is 79.9. The first-order chi connectivity index (χ1) is 7.04. The highest BCUT2D eigenvalue weighted by Gasteiger charge is 2.43. The molecule has 0 aliphatic carbocycles. The molecule has 1 aromatic carbocycles. The van der Waals surface area contributed by atoms with Crippen LogP contribution in [0.15, 0.2) is 22.7 Å². The maximum Gasteiger partial charge on any atom is 0.340 e. The first kappa shape index (κ1) is 10.4. The lowest BCUT2D eigenvalue weighted by Crippen LogP contribution is -2.40. The number of carboxylic acid groups (broad SMARTS) is 1. The lowest BCUT2D eigenvalue weighted by Gasteiger charge is -2.30. The minimum absolute atomic E-state index is 0.0613. The molecule has 0 bridgehead atoms. The number of ether oxygens (including phenoxy) is 1. The summed E-state index contributed by atoms with van der Waals surface area (Å²) in [7, 11) is 0. The molecule has 15 heavy (non-hydrogen) atoms. The molecule has 0 aromatic heterocycles. The number of fused-ring (bicyclic) bond motifs is 1. The number of rotatable bonds is 1. The zero-order chi connectivity index (χ0) is 11.1. The Morgan fingerprint density at radius 1 is 1.53 bits per heavy atom. The molecule has 2 rings (SSSR count). The van der Waals surface area contributed by atoms with Crippen molar-refractivity contribution in [1.29, 1.82) is 0 Å². The number of aliphatic hydroxyl groups is 1. The van der Waals surface area contributed by atoms with Gasteiger partial charge >= 0.3 is 5.97 Å². The van der Waals surface area contributed by atoms with Gasteiger partial charge in [-0.2, -0.15) is 0 Å². The third-order valence-corrected chi connectivity index (χ3v) is 2.96. The molecule has 0 spiro atoms. The molecule has 1 atom stereocenters. The molecule has 1 heterocycles. The molecule has 1 unspecified atom stereocenters. The fraction of sp³-hybridized carbons (Fsp3) is 0.300. The second-order valence-electron chi connectivity index (χ2n) is 3.40. The van der Waals surface area contributed by atoms with Gasteiger partial charge < -0.3 is 14.9 Å². The summed E-state index contributed by atoms with van der Waals surface area (Å²) in [6, 6.07) is 4.96. The number of carbonyl (C=O) groups is 1. The van der Waals surface area contributed by atoms with E-state index in [1.54, 1.807) is 18.2 Å². The van der Waals surface area contributed by atoms with Crippen LogP contribution >= 0.6 is 15.9 Å². The molecule has 80 valence electrons. The maximum atomic E-state index is 11.0. The van der Waals surface area contributed by atoms with Gasteiger partial charge in [-0.05, 0) is 18.2 Å². The molecule has 4 nitrogen and oxygen atoms in total. The van der Waals surface area contributed by atoms with Crippen molar-refractivity contribution in [3.63, 3.8) is 0 Å². The minimum atomic E-state index is -1.84. The quantitative estimate of drug-likeness (QED) is 0.813. The zero-order valence-corrected chi connectivity index (χ0v) is 9.32. The fourth-order valence-corrected chi connectivity index (χ4v) is 1.98. The van der Waals surface area contributed by atoms with Crippen LogP contribution in [0.25, 0.3) is 0 Å². The Labute approximate surface area is 94.6 Å². The third-order valence-electron chi connectivity index (χ3n) is 2.46. The van der Waals surface area contributed by atoms with E-state index >= 15 is 0 Å². The lowest BCUT2D eigenvalue weighted by atomic mass is 9.88. The van der Waals surface area contributed by atoms with E-state index < -0.39 is 11.6 Å². The number of carboxylic acids is 1. The SMILES string of the molecule is O=C(O)C1(O)CCOc2ccc(Br)cc21. The molecule has 1 aliphatic rings. The van der Waals surface area contributed by atoms with Crippen LogP contribution in [0.5, 0.6) is 5.75 Å². The Kier molecular flexibility index (Phi) is 2.44. The van der Waals surface area contributed by atoms with Crippen molar-refractivity contribution in [2.45, 2.75) is 12.0 Å². The molecule has 0 radical (unpaired) electrons. The molecule has 2 N–H and O–H groups in total. The zero-order valence-electron chi connectivity index (χ0n) is 7.74. The van der Waals surface area contributed by atoms with Crippen molar-refractivity contribution >= 4 is 21.9 Å². The normalized spacial score (nSPS) is 24.1. The average Bonchev–Trinajstić information content (AvgIpc) is 2.19. The second-order valence-corrected chi connectivity index (χ2v) is 4.32. The largest absolute Gasteiger partial charge is 0.493 e. The van der Waals surface area contributed by atoms with Crippen LogP contribution in [-0.4, -0.2) is 22.8 Å². The molecule has 0 saturated carbocycles. The summed E-state index contributed by atoms with van der Waals surface area (Å²) in [6.07, 6.45) is 0.0613. The smallest absolute Gasteiger partial charge is 0.340 e. The van der Waals surface area contributed by atoms with Gasteiger partial charge in [0.15, 0.2) is 5.60 Å². The summed E-state index contributed by atoms with van der Waals surface area (Å²) in [6.45, 7) is 0.206. The maximum absolute atomic E-state index is 11.0. The van der Waals surface area contributed by atoms with Crippen molar-refractivity contribution in [1.82, 2.24) is 0 Å². The topological polar surface area (TPSA) is 66.8 Å². The fourth-order valence-electron chi connectivity index (χ4n) is 1.62. The van der Waals surface area contributed by atoms with Gasteiger partial charge in [0.05, 0.1) is 6.61 Å². The molecular formula is C10H9BrO4. The third kappa shape index (κ3) is 1.61. The minimum Gasteiger partial charge on any atom is -0.493 e. The van der Waals surface area contributed by atoms with Crippen LogP contribution in [0.2, 0.25) is 0 Å². The predicted molar refractivity (Wildman–Crippen MR) is 55.8 cm³/mol. The average molecular weight is 273 g/mol. The Hall–Kier alpha value is -1.07. The van der Waals surface area contributed by atoms with Gasteiger partial charge in [0.25, 0.3) is 0 Å². The summed E-state index contributed by atoms with van der Waals surface area (Å²) in [5.74, 6) is -0.820. The van der Waals surface area contributed by atoms with Crippen molar-refractivity contribution in [3.05, 3.63) is 28.2 Å². The van der Waals surface area contributed by atoms with E-state index in [0.29, 0.717) is 15.8 Å². The van der Waals surface area contributed by atoms with E-state index in [1.165, 1.54) is 0 Å². The van der Waals surface area contributed by atoms with Crippen LogP contribution in [-0.2, 0) is 10.4 Å². The van der Waals surface area contributed by atoms with Gasteiger partial charge in [0.2, 0.25) is 0 Å². The molecule has 0 fully saturated rings. The number of hydrogen-bond donors (Lipinski definition) is 2. The lowest BCUT2D eigenvalue weighted by molar-refractivity contribution is -0.162. The monoisotopic (exact) mass is 272 g/mol. The van der Waals surface area contributed by atoms with E-state index in [9.17, 15) is 9.90 Å². The molecule has 5 heteroatoms. The molecular weight excluding hydrogens is 264 g/mol. The summed E-state index contributed by atoms with van der Waals surface area (Å²) in [4.78, 5) is 11.0. The van der Waals surface area contributed by atoms with E-state index in [-0.39, 0.29) is 13.0 Å². The highest BCUT2D eigenvalue weighted by molar-refractivity contribution is 9.10. The van der Waals surface area contributed by atoms with Gasteiger partial charge in [0.1, 0.15) is 5.75 Å². The predicted octanol–water partition coefficient (Wildman–Crippen LogP) is 1.50. The van der Waals surface area contributed by atoms with Gasteiger partial charge in [-0.3, -0.25) is 0 Å². The molecule has 1 aromatic rings. The number of halogens is 1. The first-order valence-corrected chi connectivity index (χ1v) is 5.22. The van der Waals surface area contributed by atoms with Gasteiger partial charge in [-0.25, -0.2) is 4.79 Å². The second kappa shape index (κ2) is 3.50. The Bertz CT molecular complexity index is 418. The Morgan fingerprint density at radius 3 is 2.93 bits per heavy atom. The van der Waals surface area contributed by atoms with E-state index in [2.05, 4.69) is 15.9 Å². The summed E-state index contributed by atoms with van der Waals surface area (Å²) >= 11 is 3.23. The van der Waals surface area contributed by atoms with E-state index in [1.807, 2.05) is 0 Å². The summed E-state index contributed by atoms with van der Waals surface area (Å²) < 4.78 is 5.99. The molecule has 1 aliphatic heterocycles. The standard InChI is InChI=1S/C10H9BrO4/c11-6-1-2-8-7(5-6)10(14,9(12)13)3-4-15-8/h1-2,5,14H,3-4H2,(H,12,13). The van der Waals surface area contributed by atoms with Crippen LogP contribution < -0.4 is 4.74 Å². The van der Waals surface area contributed by atoms with Crippen LogP contribution in [0.3, 0.4) is 0 Å². The van der Waals surface area contributed by atoms with Crippen molar-refractivity contribution < 1.29 is 19.7 Å². The van der Waals surface area contributed by atoms with Gasteiger partial charge in [0, 0.05) is 16.5 Å². The van der Waals surface area contributed by atoms with Crippen molar-refractivity contribution in [2.24, 2.45) is 0 Å². The van der Waals surface area contributed by atoms with Crippen LogP contribution in [0.1, 0.15) is 12.0 Å². The van der Waals surface area contributed by atoms with E-state index in [4.69, 9.17) is 9.84 Å².